The van der Waals surface area contributed by atoms with E-state index >= 15 is 0 Å². The van der Waals surface area contributed by atoms with Crippen LogP contribution in [0.3, 0.4) is 0 Å². The molecule has 0 aliphatic heterocycles. The largest absolute Gasteiger partial charge is 0.380 e. The minimum absolute atomic E-state index is 0.172. The topological polar surface area (TPSA) is 54.0 Å². The van der Waals surface area contributed by atoms with Gasteiger partial charge in [-0.1, -0.05) is 54.6 Å². The van der Waals surface area contributed by atoms with Gasteiger partial charge in [-0.05, 0) is 35.7 Å². The molecule has 0 bridgehead atoms. The number of amides is 1. The van der Waals surface area contributed by atoms with Gasteiger partial charge < -0.3 is 10.6 Å². The van der Waals surface area contributed by atoms with Gasteiger partial charge in [-0.25, -0.2) is 4.98 Å². The van der Waals surface area contributed by atoms with E-state index in [4.69, 9.17) is 0 Å². The van der Waals surface area contributed by atoms with Crippen LogP contribution in [0.1, 0.15) is 27.2 Å². The monoisotopic (exact) mass is 331 g/mol. The summed E-state index contributed by atoms with van der Waals surface area (Å²) in [6, 6.07) is 21.7. The number of nitrogens with zero attached hydrogens (tertiary/aromatic N) is 1. The fraction of sp³-hybridized carbons (Fsp3) is 0.143. The first kappa shape index (κ1) is 16.7. The first-order chi connectivity index (χ1) is 12.2. The maximum absolute atomic E-state index is 12.2. The van der Waals surface area contributed by atoms with E-state index in [0.29, 0.717) is 12.2 Å². The Labute approximate surface area is 147 Å². The normalized spacial score (nSPS) is 10.3. The van der Waals surface area contributed by atoms with E-state index in [0.717, 1.165) is 17.8 Å². The molecular formula is C21H21N3O. The Morgan fingerprint density at radius 2 is 1.68 bits per heavy atom. The van der Waals surface area contributed by atoms with E-state index in [1.807, 2.05) is 48.5 Å². The Kier molecular flexibility index (Phi) is 5.42. The fourth-order valence-corrected chi connectivity index (χ4v) is 2.51. The number of rotatable bonds is 6. The van der Waals surface area contributed by atoms with Crippen LogP contribution in [0.2, 0.25) is 0 Å². The van der Waals surface area contributed by atoms with Crippen LogP contribution in [0.25, 0.3) is 0 Å². The summed E-state index contributed by atoms with van der Waals surface area (Å²) in [6.45, 7) is 3.32. The van der Waals surface area contributed by atoms with Crippen molar-refractivity contribution in [3.05, 3.63) is 95.3 Å². The van der Waals surface area contributed by atoms with Crippen LogP contribution in [-0.4, -0.2) is 10.9 Å². The fourth-order valence-electron chi connectivity index (χ4n) is 2.51. The minimum Gasteiger partial charge on any atom is -0.380 e. The molecule has 0 saturated carbocycles. The van der Waals surface area contributed by atoms with Gasteiger partial charge in [0.25, 0.3) is 5.91 Å². The molecule has 1 heterocycles. The van der Waals surface area contributed by atoms with Crippen LogP contribution in [0.4, 0.5) is 5.69 Å². The second-order valence-electron chi connectivity index (χ2n) is 5.88. The van der Waals surface area contributed by atoms with Crippen LogP contribution in [-0.2, 0) is 13.1 Å². The maximum atomic E-state index is 12.2. The zero-order valence-electron chi connectivity index (χ0n) is 14.2. The summed E-state index contributed by atoms with van der Waals surface area (Å²) in [7, 11) is 0. The number of anilines is 1. The van der Waals surface area contributed by atoms with E-state index in [9.17, 15) is 4.79 Å². The highest BCUT2D eigenvalue weighted by molar-refractivity contribution is 5.92. The summed E-state index contributed by atoms with van der Waals surface area (Å²) >= 11 is 0. The Morgan fingerprint density at radius 1 is 0.920 bits per heavy atom. The summed E-state index contributed by atoms with van der Waals surface area (Å²) in [5.41, 5.74) is 4.86. The van der Waals surface area contributed by atoms with E-state index in [2.05, 4.69) is 34.7 Å². The average molecular weight is 331 g/mol. The van der Waals surface area contributed by atoms with Gasteiger partial charge in [0.05, 0.1) is 11.9 Å². The molecule has 0 unspecified atom stereocenters. The molecule has 25 heavy (non-hydrogen) atoms. The first-order valence-electron chi connectivity index (χ1n) is 8.29. The van der Waals surface area contributed by atoms with Gasteiger partial charge in [-0.15, -0.1) is 0 Å². The number of aryl methyl sites for hydroxylation is 1. The number of pyridine rings is 1. The van der Waals surface area contributed by atoms with E-state index in [1.54, 1.807) is 12.3 Å². The quantitative estimate of drug-likeness (QED) is 0.719. The van der Waals surface area contributed by atoms with Crippen LogP contribution in [0.5, 0.6) is 0 Å². The minimum atomic E-state index is -0.172. The zero-order valence-corrected chi connectivity index (χ0v) is 14.2. The lowest BCUT2D eigenvalue weighted by Gasteiger charge is -2.09. The van der Waals surface area contributed by atoms with Crippen molar-refractivity contribution in [1.82, 2.24) is 10.3 Å². The molecule has 0 fully saturated rings. The van der Waals surface area contributed by atoms with Gasteiger partial charge in [-0.2, -0.15) is 0 Å². The standard InChI is InChI=1S/C21H21N3O/c1-16-7-5-6-10-18(16)14-22-19-11-12-20(23-15-19)21(25)24-13-17-8-3-2-4-9-17/h2-12,15,22H,13-14H2,1H3,(H,24,25). The summed E-state index contributed by atoms with van der Waals surface area (Å²) in [6.07, 6.45) is 1.69. The van der Waals surface area contributed by atoms with E-state index in [1.165, 1.54) is 11.1 Å². The van der Waals surface area contributed by atoms with Gasteiger partial charge in [0.1, 0.15) is 5.69 Å². The number of carbonyl (C=O) groups excluding carboxylic acids is 1. The van der Waals surface area contributed by atoms with Crippen LogP contribution in [0.15, 0.2) is 72.9 Å². The molecule has 4 heteroatoms. The molecule has 0 spiro atoms. The molecule has 0 radical (unpaired) electrons. The van der Waals surface area contributed by atoms with Gasteiger partial charge in [0.2, 0.25) is 0 Å². The lowest BCUT2D eigenvalue weighted by atomic mass is 10.1. The summed E-state index contributed by atoms with van der Waals surface area (Å²) in [4.78, 5) is 16.4. The van der Waals surface area contributed by atoms with Gasteiger partial charge in [-0.3, -0.25) is 4.79 Å². The second kappa shape index (κ2) is 8.11. The van der Waals surface area contributed by atoms with Gasteiger partial charge in [0.15, 0.2) is 0 Å². The molecule has 0 saturated heterocycles. The Hall–Kier alpha value is -3.14. The highest BCUT2D eigenvalue weighted by atomic mass is 16.1. The number of nitrogens with one attached hydrogen (secondary N) is 2. The molecule has 4 nitrogen and oxygen atoms in total. The highest BCUT2D eigenvalue weighted by Crippen LogP contribution is 2.12. The average Bonchev–Trinajstić information content (AvgIpc) is 2.67. The number of carbonyl (C=O) groups is 1. The molecule has 0 atom stereocenters. The Bertz CT molecular complexity index is 829. The van der Waals surface area contributed by atoms with Crippen molar-refractivity contribution >= 4 is 11.6 Å². The molecular weight excluding hydrogens is 310 g/mol. The molecule has 2 aromatic carbocycles. The molecule has 1 amide bonds. The van der Waals surface area contributed by atoms with Crippen molar-refractivity contribution in [3.8, 4) is 0 Å². The molecule has 3 rings (SSSR count). The molecule has 0 aliphatic rings. The number of benzene rings is 2. The van der Waals surface area contributed by atoms with E-state index < -0.39 is 0 Å². The van der Waals surface area contributed by atoms with Gasteiger partial charge in [0, 0.05) is 13.1 Å². The van der Waals surface area contributed by atoms with Crippen LogP contribution < -0.4 is 10.6 Å². The zero-order chi connectivity index (χ0) is 17.5. The third-order valence-corrected chi connectivity index (χ3v) is 4.04. The van der Waals surface area contributed by atoms with Crippen molar-refractivity contribution in [3.63, 3.8) is 0 Å². The molecule has 2 N–H and O–H groups in total. The second-order valence-corrected chi connectivity index (χ2v) is 5.88. The lowest BCUT2D eigenvalue weighted by molar-refractivity contribution is 0.0946. The summed E-state index contributed by atoms with van der Waals surface area (Å²) in [5.74, 6) is -0.172. The van der Waals surface area contributed by atoms with Crippen molar-refractivity contribution < 1.29 is 4.79 Å². The third kappa shape index (κ3) is 4.67. The summed E-state index contributed by atoms with van der Waals surface area (Å²) < 4.78 is 0. The van der Waals surface area contributed by atoms with E-state index in [-0.39, 0.29) is 5.91 Å². The molecule has 1 aromatic heterocycles. The Balaban J connectivity index is 1.54. The van der Waals surface area contributed by atoms with Crippen LogP contribution in [0, 0.1) is 6.92 Å². The van der Waals surface area contributed by atoms with Crippen molar-refractivity contribution in [2.45, 2.75) is 20.0 Å². The molecule has 3 aromatic rings. The van der Waals surface area contributed by atoms with Crippen molar-refractivity contribution in [1.29, 1.82) is 0 Å². The smallest absolute Gasteiger partial charge is 0.270 e. The predicted molar refractivity (Wildman–Crippen MR) is 100 cm³/mol. The van der Waals surface area contributed by atoms with Crippen molar-refractivity contribution in [2.75, 3.05) is 5.32 Å². The molecule has 0 aliphatic carbocycles. The molecule has 126 valence electrons. The predicted octanol–water partition coefficient (Wildman–Crippen LogP) is 3.93. The first-order valence-corrected chi connectivity index (χ1v) is 8.29. The van der Waals surface area contributed by atoms with Crippen LogP contribution >= 0.6 is 0 Å². The number of aromatic nitrogens is 1. The Morgan fingerprint density at radius 3 is 2.40 bits per heavy atom. The summed E-state index contributed by atoms with van der Waals surface area (Å²) in [5, 5.41) is 6.21. The highest BCUT2D eigenvalue weighted by Gasteiger charge is 2.07. The number of hydrogen-bond donors (Lipinski definition) is 2. The van der Waals surface area contributed by atoms with Crippen molar-refractivity contribution in [2.24, 2.45) is 0 Å². The maximum Gasteiger partial charge on any atom is 0.270 e. The lowest BCUT2D eigenvalue weighted by Crippen LogP contribution is -2.23. The van der Waals surface area contributed by atoms with Gasteiger partial charge >= 0.3 is 0 Å². The third-order valence-electron chi connectivity index (χ3n) is 4.04. The SMILES string of the molecule is Cc1ccccc1CNc1ccc(C(=O)NCc2ccccc2)nc1. The number of hydrogen-bond acceptors (Lipinski definition) is 3.